The van der Waals surface area contributed by atoms with E-state index in [1.165, 1.54) is 5.56 Å². The molecule has 0 bridgehead atoms. The topological polar surface area (TPSA) is 33.4 Å². The Kier molecular flexibility index (Phi) is 2.69. The van der Waals surface area contributed by atoms with Crippen LogP contribution >= 0.6 is 0 Å². The Balaban J connectivity index is 1.92. The van der Waals surface area contributed by atoms with Crippen molar-refractivity contribution in [2.45, 2.75) is 31.3 Å². The summed E-state index contributed by atoms with van der Waals surface area (Å²) in [7, 11) is 0. The zero-order chi connectivity index (χ0) is 14.4. The van der Waals surface area contributed by atoms with Crippen LogP contribution in [0.4, 0.5) is 0 Å². The SMILES string of the molecule is CC1CCC(O)(c2cc3ccccc3o2)c2ccccc21. The highest BCUT2D eigenvalue weighted by Gasteiger charge is 2.40. The summed E-state index contributed by atoms with van der Waals surface area (Å²) < 4.78 is 5.95. The summed E-state index contributed by atoms with van der Waals surface area (Å²) in [5.74, 6) is 1.13. The molecule has 1 aromatic heterocycles. The average molecular weight is 278 g/mol. The first-order chi connectivity index (χ1) is 10.2. The van der Waals surface area contributed by atoms with Gasteiger partial charge < -0.3 is 9.52 Å². The summed E-state index contributed by atoms with van der Waals surface area (Å²) in [4.78, 5) is 0. The largest absolute Gasteiger partial charge is 0.458 e. The fourth-order valence-electron chi connectivity index (χ4n) is 3.46. The molecule has 0 radical (unpaired) electrons. The van der Waals surface area contributed by atoms with Gasteiger partial charge in [-0.2, -0.15) is 0 Å². The molecule has 2 atom stereocenters. The second-order valence-corrected chi connectivity index (χ2v) is 6.04. The lowest BCUT2D eigenvalue weighted by atomic mass is 9.73. The van der Waals surface area contributed by atoms with Gasteiger partial charge in [0.25, 0.3) is 0 Å². The van der Waals surface area contributed by atoms with E-state index in [0.717, 1.165) is 23.0 Å². The molecule has 2 aromatic carbocycles. The predicted molar refractivity (Wildman–Crippen MR) is 83.3 cm³/mol. The van der Waals surface area contributed by atoms with Gasteiger partial charge in [0.1, 0.15) is 16.9 Å². The Hall–Kier alpha value is -2.06. The van der Waals surface area contributed by atoms with Crippen molar-refractivity contribution >= 4 is 11.0 Å². The van der Waals surface area contributed by atoms with Gasteiger partial charge in [-0.05, 0) is 42.0 Å². The third kappa shape index (κ3) is 1.83. The normalized spacial score (nSPS) is 25.0. The van der Waals surface area contributed by atoms with Crippen LogP contribution in [-0.2, 0) is 5.60 Å². The number of aliphatic hydroxyl groups is 1. The van der Waals surface area contributed by atoms with Gasteiger partial charge in [-0.15, -0.1) is 0 Å². The zero-order valence-corrected chi connectivity index (χ0v) is 12.0. The number of fused-ring (bicyclic) bond motifs is 2. The molecule has 1 heterocycles. The summed E-state index contributed by atoms with van der Waals surface area (Å²) in [6.45, 7) is 2.22. The van der Waals surface area contributed by atoms with Gasteiger partial charge in [0.2, 0.25) is 0 Å². The summed E-state index contributed by atoms with van der Waals surface area (Å²) in [5.41, 5.74) is 2.04. The molecule has 0 aliphatic heterocycles. The number of rotatable bonds is 1. The molecule has 0 saturated carbocycles. The summed E-state index contributed by atoms with van der Waals surface area (Å²) in [6, 6.07) is 18.1. The molecule has 1 aliphatic carbocycles. The van der Waals surface area contributed by atoms with E-state index in [-0.39, 0.29) is 0 Å². The summed E-state index contributed by atoms with van der Waals surface area (Å²) in [6.07, 6.45) is 1.66. The molecule has 21 heavy (non-hydrogen) atoms. The summed E-state index contributed by atoms with van der Waals surface area (Å²) in [5, 5.41) is 12.4. The maximum absolute atomic E-state index is 11.3. The van der Waals surface area contributed by atoms with Crippen molar-refractivity contribution in [1.82, 2.24) is 0 Å². The fraction of sp³-hybridized carbons (Fsp3) is 0.263. The lowest BCUT2D eigenvalue weighted by Gasteiger charge is -2.35. The van der Waals surface area contributed by atoms with E-state index >= 15 is 0 Å². The monoisotopic (exact) mass is 278 g/mol. The van der Waals surface area contributed by atoms with Crippen LogP contribution in [0.15, 0.2) is 59.0 Å². The van der Waals surface area contributed by atoms with E-state index in [1.807, 2.05) is 48.5 Å². The molecule has 1 aliphatic rings. The molecule has 1 N–H and O–H groups in total. The average Bonchev–Trinajstić information content (AvgIpc) is 2.96. The molecule has 4 rings (SSSR count). The molecular weight excluding hydrogens is 260 g/mol. The van der Waals surface area contributed by atoms with Gasteiger partial charge in [0.05, 0.1) is 0 Å². The smallest absolute Gasteiger partial charge is 0.147 e. The molecule has 2 unspecified atom stereocenters. The first-order valence-corrected chi connectivity index (χ1v) is 7.49. The second kappa shape index (κ2) is 4.47. The lowest BCUT2D eigenvalue weighted by Crippen LogP contribution is -2.32. The first-order valence-electron chi connectivity index (χ1n) is 7.49. The summed E-state index contributed by atoms with van der Waals surface area (Å²) >= 11 is 0. The highest BCUT2D eigenvalue weighted by Crippen LogP contribution is 2.46. The standard InChI is InChI=1S/C19H18O2/c1-13-10-11-19(20,16-8-4-3-7-15(13)16)18-12-14-6-2-5-9-17(14)21-18/h2-9,12-13,20H,10-11H2,1H3. The Morgan fingerprint density at radius 3 is 2.71 bits per heavy atom. The highest BCUT2D eigenvalue weighted by molar-refractivity contribution is 5.78. The van der Waals surface area contributed by atoms with Gasteiger partial charge in [0.15, 0.2) is 0 Å². The molecule has 0 fully saturated rings. The van der Waals surface area contributed by atoms with Crippen LogP contribution in [0.5, 0.6) is 0 Å². The molecular formula is C19H18O2. The number of benzene rings is 2. The molecule has 106 valence electrons. The minimum atomic E-state index is -1.01. The molecule has 0 amide bonds. The van der Waals surface area contributed by atoms with Crippen LogP contribution in [0.2, 0.25) is 0 Å². The van der Waals surface area contributed by atoms with Gasteiger partial charge in [-0.3, -0.25) is 0 Å². The van der Waals surface area contributed by atoms with Gasteiger partial charge >= 0.3 is 0 Å². The van der Waals surface area contributed by atoms with Gasteiger partial charge in [-0.1, -0.05) is 49.4 Å². The fourth-order valence-corrected chi connectivity index (χ4v) is 3.46. The third-order valence-corrected chi connectivity index (χ3v) is 4.71. The molecule has 0 spiro atoms. The minimum absolute atomic E-state index is 0.478. The number of furan rings is 1. The molecule has 2 heteroatoms. The van der Waals surface area contributed by atoms with E-state index in [9.17, 15) is 5.11 Å². The van der Waals surface area contributed by atoms with E-state index < -0.39 is 5.60 Å². The number of hydrogen-bond acceptors (Lipinski definition) is 2. The zero-order valence-electron chi connectivity index (χ0n) is 12.0. The van der Waals surface area contributed by atoms with Crippen molar-refractivity contribution in [1.29, 1.82) is 0 Å². The van der Waals surface area contributed by atoms with Crippen LogP contribution < -0.4 is 0 Å². The van der Waals surface area contributed by atoms with E-state index in [4.69, 9.17) is 4.42 Å². The van der Waals surface area contributed by atoms with Gasteiger partial charge in [-0.25, -0.2) is 0 Å². The Labute approximate surface area is 124 Å². The van der Waals surface area contributed by atoms with Crippen molar-refractivity contribution in [3.8, 4) is 0 Å². The van der Waals surface area contributed by atoms with Crippen molar-refractivity contribution in [2.24, 2.45) is 0 Å². The van der Waals surface area contributed by atoms with Crippen molar-refractivity contribution < 1.29 is 9.52 Å². The first kappa shape index (κ1) is 12.7. The Bertz CT molecular complexity index is 769. The Morgan fingerprint density at radius 2 is 1.86 bits per heavy atom. The number of para-hydroxylation sites is 1. The highest BCUT2D eigenvalue weighted by atomic mass is 16.4. The van der Waals surface area contributed by atoms with E-state index in [2.05, 4.69) is 13.0 Å². The van der Waals surface area contributed by atoms with Crippen LogP contribution in [0, 0.1) is 0 Å². The van der Waals surface area contributed by atoms with Crippen LogP contribution in [0.1, 0.15) is 42.6 Å². The Morgan fingerprint density at radius 1 is 1.10 bits per heavy atom. The molecule has 0 saturated heterocycles. The van der Waals surface area contributed by atoms with Crippen molar-refractivity contribution in [3.63, 3.8) is 0 Å². The maximum atomic E-state index is 11.3. The van der Waals surface area contributed by atoms with E-state index in [1.54, 1.807) is 0 Å². The quantitative estimate of drug-likeness (QED) is 0.707. The third-order valence-electron chi connectivity index (χ3n) is 4.71. The van der Waals surface area contributed by atoms with Crippen molar-refractivity contribution in [2.75, 3.05) is 0 Å². The van der Waals surface area contributed by atoms with Gasteiger partial charge in [0, 0.05) is 5.39 Å². The lowest BCUT2D eigenvalue weighted by molar-refractivity contribution is 0.0374. The predicted octanol–water partition coefficient (Wildman–Crippen LogP) is 4.57. The maximum Gasteiger partial charge on any atom is 0.147 e. The van der Waals surface area contributed by atoms with Crippen molar-refractivity contribution in [3.05, 3.63) is 71.5 Å². The van der Waals surface area contributed by atoms with Crippen LogP contribution in [0.3, 0.4) is 0 Å². The number of hydrogen-bond donors (Lipinski definition) is 1. The van der Waals surface area contributed by atoms with E-state index in [0.29, 0.717) is 18.1 Å². The molecule has 2 nitrogen and oxygen atoms in total. The van der Waals surface area contributed by atoms with Crippen LogP contribution in [-0.4, -0.2) is 5.11 Å². The molecule has 3 aromatic rings. The second-order valence-electron chi connectivity index (χ2n) is 6.04. The minimum Gasteiger partial charge on any atom is -0.458 e. The van der Waals surface area contributed by atoms with Crippen LogP contribution in [0.25, 0.3) is 11.0 Å².